The van der Waals surface area contributed by atoms with Crippen LogP contribution in [0.4, 0.5) is 5.69 Å². The van der Waals surface area contributed by atoms with E-state index in [-0.39, 0.29) is 0 Å². The second-order valence-corrected chi connectivity index (χ2v) is 5.00. The lowest BCUT2D eigenvalue weighted by molar-refractivity contribution is 0.873. The highest BCUT2D eigenvalue weighted by molar-refractivity contribution is 5.51. The highest BCUT2D eigenvalue weighted by atomic mass is 15.1. The standard InChI is InChI=1S/C15H20N4/c16-8-7-15-11-17-12-19(15)14-5-3-13(4-6-14)18-9-1-2-10-18/h3-6,11-12H,1-2,7-10,16H2. The molecular weight excluding hydrogens is 236 g/mol. The van der Waals surface area contributed by atoms with Crippen molar-refractivity contribution in [2.24, 2.45) is 5.73 Å². The average molecular weight is 256 g/mol. The van der Waals surface area contributed by atoms with Gasteiger partial charge in [0.15, 0.2) is 0 Å². The summed E-state index contributed by atoms with van der Waals surface area (Å²) in [6, 6.07) is 8.73. The first-order valence-corrected chi connectivity index (χ1v) is 6.95. The van der Waals surface area contributed by atoms with E-state index in [0.717, 1.165) is 17.8 Å². The van der Waals surface area contributed by atoms with Crippen molar-refractivity contribution in [3.05, 3.63) is 42.5 Å². The second kappa shape index (κ2) is 5.45. The molecule has 0 aliphatic carbocycles. The first-order chi connectivity index (χ1) is 9.38. The summed E-state index contributed by atoms with van der Waals surface area (Å²) in [6.45, 7) is 3.02. The van der Waals surface area contributed by atoms with Crippen molar-refractivity contribution in [3.63, 3.8) is 0 Å². The first-order valence-electron chi connectivity index (χ1n) is 6.95. The Hall–Kier alpha value is -1.81. The minimum absolute atomic E-state index is 0.650. The van der Waals surface area contributed by atoms with E-state index in [0.29, 0.717) is 6.54 Å². The van der Waals surface area contributed by atoms with Crippen LogP contribution < -0.4 is 10.6 Å². The normalized spacial score (nSPS) is 15.1. The molecule has 1 aromatic carbocycles. The molecule has 2 aromatic rings. The van der Waals surface area contributed by atoms with Gasteiger partial charge in [0.2, 0.25) is 0 Å². The molecule has 0 bridgehead atoms. The average Bonchev–Trinajstić information content (AvgIpc) is 3.10. The molecule has 100 valence electrons. The van der Waals surface area contributed by atoms with Crippen LogP contribution in [0.15, 0.2) is 36.8 Å². The van der Waals surface area contributed by atoms with E-state index >= 15 is 0 Å². The number of nitrogens with zero attached hydrogens (tertiary/aromatic N) is 3. The minimum atomic E-state index is 0.650. The summed E-state index contributed by atoms with van der Waals surface area (Å²) >= 11 is 0. The maximum Gasteiger partial charge on any atom is 0.0994 e. The molecule has 1 saturated heterocycles. The lowest BCUT2D eigenvalue weighted by Gasteiger charge is -2.18. The van der Waals surface area contributed by atoms with E-state index in [9.17, 15) is 0 Å². The lowest BCUT2D eigenvalue weighted by Crippen LogP contribution is -2.17. The fourth-order valence-electron chi connectivity index (χ4n) is 2.69. The van der Waals surface area contributed by atoms with Crippen molar-refractivity contribution < 1.29 is 0 Å². The maximum absolute atomic E-state index is 5.63. The van der Waals surface area contributed by atoms with Gasteiger partial charge in [0, 0.05) is 42.8 Å². The zero-order valence-electron chi connectivity index (χ0n) is 11.1. The van der Waals surface area contributed by atoms with Crippen molar-refractivity contribution in [2.75, 3.05) is 24.5 Å². The highest BCUT2D eigenvalue weighted by Gasteiger charge is 2.12. The third-order valence-electron chi connectivity index (χ3n) is 3.71. The molecule has 3 rings (SSSR count). The molecular formula is C15H20N4. The van der Waals surface area contributed by atoms with Crippen LogP contribution in [0, 0.1) is 0 Å². The zero-order chi connectivity index (χ0) is 13.1. The van der Waals surface area contributed by atoms with Gasteiger partial charge in [0.25, 0.3) is 0 Å². The topological polar surface area (TPSA) is 47.1 Å². The van der Waals surface area contributed by atoms with Crippen LogP contribution in [0.3, 0.4) is 0 Å². The summed E-state index contributed by atoms with van der Waals surface area (Å²) in [7, 11) is 0. The molecule has 1 fully saturated rings. The fraction of sp³-hybridized carbons (Fsp3) is 0.400. The Kier molecular flexibility index (Phi) is 3.51. The van der Waals surface area contributed by atoms with Gasteiger partial charge in [-0.15, -0.1) is 0 Å². The molecule has 0 atom stereocenters. The molecule has 0 saturated carbocycles. The molecule has 2 heterocycles. The molecule has 4 nitrogen and oxygen atoms in total. The van der Waals surface area contributed by atoms with Gasteiger partial charge in [-0.1, -0.05) is 0 Å². The SMILES string of the molecule is NCCc1cncn1-c1ccc(N2CCCC2)cc1. The van der Waals surface area contributed by atoms with Crippen LogP contribution in [0.5, 0.6) is 0 Å². The number of anilines is 1. The molecule has 1 aliphatic rings. The number of benzene rings is 1. The molecule has 0 unspecified atom stereocenters. The Balaban J connectivity index is 1.83. The Bertz CT molecular complexity index is 523. The van der Waals surface area contributed by atoms with Crippen LogP contribution in [0.25, 0.3) is 5.69 Å². The van der Waals surface area contributed by atoms with Gasteiger partial charge < -0.3 is 15.2 Å². The number of hydrogen-bond donors (Lipinski definition) is 1. The van der Waals surface area contributed by atoms with E-state index < -0.39 is 0 Å². The molecule has 0 amide bonds. The van der Waals surface area contributed by atoms with Gasteiger partial charge in [0.1, 0.15) is 0 Å². The smallest absolute Gasteiger partial charge is 0.0994 e. The number of imidazole rings is 1. The van der Waals surface area contributed by atoms with Crippen molar-refractivity contribution in [1.29, 1.82) is 0 Å². The lowest BCUT2D eigenvalue weighted by atomic mass is 10.2. The molecule has 4 heteroatoms. The Morgan fingerprint density at radius 2 is 1.74 bits per heavy atom. The highest BCUT2D eigenvalue weighted by Crippen LogP contribution is 2.22. The van der Waals surface area contributed by atoms with Crippen LogP contribution in [-0.2, 0) is 6.42 Å². The molecule has 2 N–H and O–H groups in total. The number of nitrogens with two attached hydrogens (primary N) is 1. The van der Waals surface area contributed by atoms with E-state index in [4.69, 9.17) is 5.73 Å². The summed E-state index contributed by atoms with van der Waals surface area (Å²) in [5.74, 6) is 0. The molecule has 1 aliphatic heterocycles. The van der Waals surface area contributed by atoms with Gasteiger partial charge in [-0.2, -0.15) is 0 Å². The summed E-state index contributed by atoms with van der Waals surface area (Å²) in [5.41, 5.74) is 9.27. The minimum Gasteiger partial charge on any atom is -0.372 e. The summed E-state index contributed by atoms with van der Waals surface area (Å²) < 4.78 is 2.11. The van der Waals surface area contributed by atoms with Crippen LogP contribution in [0.2, 0.25) is 0 Å². The Morgan fingerprint density at radius 3 is 2.42 bits per heavy atom. The van der Waals surface area contributed by atoms with E-state index in [1.807, 2.05) is 12.5 Å². The number of rotatable bonds is 4. The summed E-state index contributed by atoms with van der Waals surface area (Å²) in [5, 5.41) is 0. The van der Waals surface area contributed by atoms with Crippen LogP contribution >= 0.6 is 0 Å². The van der Waals surface area contributed by atoms with E-state index in [1.54, 1.807) is 0 Å². The third-order valence-corrected chi connectivity index (χ3v) is 3.71. The number of aromatic nitrogens is 2. The van der Waals surface area contributed by atoms with Crippen molar-refractivity contribution in [3.8, 4) is 5.69 Å². The summed E-state index contributed by atoms with van der Waals surface area (Å²) in [4.78, 5) is 6.66. The maximum atomic E-state index is 5.63. The largest absolute Gasteiger partial charge is 0.372 e. The zero-order valence-corrected chi connectivity index (χ0v) is 11.1. The van der Waals surface area contributed by atoms with Crippen molar-refractivity contribution in [1.82, 2.24) is 9.55 Å². The number of hydrogen-bond acceptors (Lipinski definition) is 3. The quantitative estimate of drug-likeness (QED) is 0.910. The Morgan fingerprint density at radius 1 is 1.05 bits per heavy atom. The van der Waals surface area contributed by atoms with E-state index in [1.165, 1.54) is 31.6 Å². The van der Waals surface area contributed by atoms with Gasteiger partial charge >= 0.3 is 0 Å². The predicted molar refractivity (Wildman–Crippen MR) is 77.8 cm³/mol. The molecule has 0 spiro atoms. The fourth-order valence-corrected chi connectivity index (χ4v) is 2.69. The monoisotopic (exact) mass is 256 g/mol. The van der Waals surface area contributed by atoms with Crippen LogP contribution in [-0.4, -0.2) is 29.2 Å². The Labute approximate surface area is 113 Å². The van der Waals surface area contributed by atoms with Gasteiger partial charge in [-0.3, -0.25) is 0 Å². The van der Waals surface area contributed by atoms with Crippen LogP contribution in [0.1, 0.15) is 18.5 Å². The van der Waals surface area contributed by atoms with E-state index in [2.05, 4.69) is 38.7 Å². The molecule has 1 aromatic heterocycles. The van der Waals surface area contributed by atoms with Crippen molar-refractivity contribution in [2.45, 2.75) is 19.3 Å². The van der Waals surface area contributed by atoms with Gasteiger partial charge in [-0.05, 0) is 43.7 Å². The second-order valence-electron chi connectivity index (χ2n) is 5.00. The van der Waals surface area contributed by atoms with Gasteiger partial charge in [0.05, 0.1) is 6.33 Å². The molecule has 0 radical (unpaired) electrons. The first kappa shape index (κ1) is 12.2. The predicted octanol–water partition coefficient (Wildman–Crippen LogP) is 1.97. The third kappa shape index (κ3) is 2.49. The van der Waals surface area contributed by atoms with Gasteiger partial charge in [-0.25, -0.2) is 4.98 Å². The molecule has 19 heavy (non-hydrogen) atoms. The van der Waals surface area contributed by atoms with Crippen molar-refractivity contribution >= 4 is 5.69 Å². The summed E-state index contributed by atoms with van der Waals surface area (Å²) in [6.07, 6.45) is 7.22.